The number of β-amino-alcohol motifs (C(OH)–C–C–N with tert-alkyl or cyclic N) is 1. The van der Waals surface area contributed by atoms with Crippen molar-refractivity contribution >= 4 is 58.4 Å². The molecule has 3 N–H and O–H groups in total. The van der Waals surface area contributed by atoms with Gasteiger partial charge in [0, 0.05) is 55.2 Å². The summed E-state index contributed by atoms with van der Waals surface area (Å²) in [7, 11) is 0. The molecule has 17 heteroatoms. The van der Waals surface area contributed by atoms with Gasteiger partial charge in [-0.1, -0.05) is 123 Å². The van der Waals surface area contributed by atoms with Crippen molar-refractivity contribution in [1.82, 2.24) is 35.2 Å². The minimum atomic E-state index is -0.966. The van der Waals surface area contributed by atoms with Gasteiger partial charge in [0.2, 0.25) is 23.6 Å². The maximum atomic E-state index is 15.2. The van der Waals surface area contributed by atoms with Crippen LogP contribution in [0.3, 0.4) is 0 Å². The number of carbonyl (C=O) groups excluding carboxylic acids is 6. The number of hydrogen-bond donors (Lipinski definition) is 3. The van der Waals surface area contributed by atoms with Crippen LogP contribution in [0.15, 0.2) is 84.4 Å². The quantitative estimate of drug-likeness (QED) is 0.0920. The smallest absolute Gasteiger partial charge is 0.255 e. The molecule has 4 aliphatic rings. The minimum absolute atomic E-state index is 0.0363. The maximum absolute atomic E-state index is 15.2. The van der Waals surface area contributed by atoms with E-state index in [9.17, 15) is 29.1 Å². The number of halogens is 1. The summed E-state index contributed by atoms with van der Waals surface area (Å²) in [5.74, 6) is -2.47. The Kier molecular flexibility index (Phi) is 16.5. The molecule has 7 unspecified atom stereocenters. The number of nitrogens with zero attached hydrogens (tertiary/aromatic N) is 5. The highest BCUT2D eigenvalue weighted by molar-refractivity contribution is 7.13. The molecular formula is C63H76ClN7O8S. The van der Waals surface area contributed by atoms with E-state index >= 15 is 4.79 Å². The molecule has 0 bridgehead atoms. The van der Waals surface area contributed by atoms with Crippen LogP contribution in [0.4, 0.5) is 0 Å². The lowest BCUT2D eigenvalue weighted by molar-refractivity contribution is -0.143. The van der Waals surface area contributed by atoms with Crippen LogP contribution in [0, 0.1) is 18.8 Å². The number of nitrogens with one attached hydrogen (secondary N) is 2. The summed E-state index contributed by atoms with van der Waals surface area (Å²) in [5.41, 5.74) is 9.63. The molecule has 0 spiro atoms. The van der Waals surface area contributed by atoms with Crippen molar-refractivity contribution < 1.29 is 38.6 Å². The highest BCUT2D eigenvalue weighted by Crippen LogP contribution is 2.39. The van der Waals surface area contributed by atoms with Crippen LogP contribution in [-0.2, 0) is 49.6 Å². The number of likely N-dealkylation sites (tertiary alicyclic amines) is 2. The number of aliphatic hydroxyl groups excluding tert-OH is 1. The first-order chi connectivity index (χ1) is 37.7. The van der Waals surface area contributed by atoms with Crippen LogP contribution < -0.4 is 15.4 Å². The number of ether oxygens (including phenoxy) is 1. The molecule has 4 aliphatic heterocycles. The molecule has 9 rings (SSSR count). The average molecular weight is 1130 g/mol. The highest BCUT2D eigenvalue weighted by Gasteiger charge is 2.49. The molecule has 5 heterocycles. The summed E-state index contributed by atoms with van der Waals surface area (Å²) in [6.07, 6.45) is -1.43. The van der Waals surface area contributed by atoms with E-state index in [-0.39, 0.29) is 91.9 Å². The number of aromatic nitrogens is 1. The van der Waals surface area contributed by atoms with Crippen molar-refractivity contribution in [2.45, 2.75) is 169 Å². The van der Waals surface area contributed by atoms with Gasteiger partial charge < -0.3 is 40.1 Å². The Morgan fingerprint density at radius 2 is 1.35 bits per heavy atom. The molecule has 15 nitrogen and oxygen atoms in total. The van der Waals surface area contributed by atoms with Crippen molar-refractivity contribution in [3.05, 3.63) is 140 Å². The molecule has 1 aromatic heterocycles. The molecule has 4 aromatic carbocycles. The predicted octanol–water partition coefficient (Wildman–Crippen LogP) is 9.53. The minimum Gasteiger partial charge on any atom is -0.488 e. The molecule has 424 valence electrons. The van der Waals surface area contributed by atoms with Gasteiger partial charge in [-0.2, -0.15) is 0 Å². The fraction of sp³-hybridized carbons (Fsp3) is 0.476. The van der Waals surface area contributed by atoms with Gasteiger partial charge in [-0.15, -0.1) is 11.3 Å². The van der Waals surface area contributed by atoms with E-state index in [1.165, 1.54) is 9.80 Å². The lowest BCUT2D eigenvalue weighted by Gasteiger charge is -2.35. The third kappa shape index (κ3) is 11.6. The number of amides is 6. The van der Waals surface area contributed by atoms with Crippen LogP contribution in [0.2, 0.25) is 5.02 Å². The first kappa shape index (κ1) is 58.0. The van der Waals surface area contributed by atoms with Crippen LogP contribution in [0.25, 0.3) is 10.4 Å². The highest BCUT2D eigenvalue weighted by atomic mass is 35.5. The van der Waals surface area contributed by atoms with E-state index in [1.807, 2.05) is 77.4 Å². The Morgan fingerprint density at radius 3 is 1.96 bits per heavy atom. The summed E-state index contributed by atoms with van der Waals surface area (Å²) < 4.78 is 6.69. The van der Waals surface area contributed by atoms with Crippen LogP contribution >= 0.6 is 22.9 Å². The Balaban J connectivity index is 0.941. The van der Waals surface area contributed by atoms with Crippen molar-refractivity contribution in [3.8, 4) is 16.2 Å². The molecule has 0 saturated carbocycles. The van der Waals surface area contributed by atoms with E-state index in [0.717, 1.165) is 44.0 Å². The summed E-state index contributed by atoms with van der Waals surface area (Å²) in [6.45, 7) is 24.7. The molecule has 2 fully saturated rings. The molecule has 6 amide bonds. The fourth-order valence-electron chi connectivity index (χ4n) is 12.3. The number of thiazole rings is 1. The predicted molar refractivity (Wildman–Crippen MR) is 310 cm³/mol. The van der Waals surface area contributed by atoms with E-state index in [0.29, 0.717) is 27.5 Å². The Morgan fingerprint density at radius 1 is 0.738 bits per heavy atom. The summed E-state index contributed by atoms with van der Waals surface area (Å²) in [6, 6.07) is 20.2. The molecule has 0 aliphatic carbocycles. The number of carbonyl (C=O) groups is 6. The van der Waals surface area contributed by atoms with E-state index in [1.54, 1.807) is 51.5 Å². The molecule has 5 aromatic rings. The summed E-state index contributed by atoms with van der Waals surface area (Å²) >= 11 is 7.94. The Hall–Kier alpha value is -6.62. The molecule has 2 saturated heterocycles. The summed E-state index contributed by atoms with van der Waals surface area (Å²) in [4.78, 5) is 99.0. The normalized spacial score (nSPS) is 20.4. The second kappa shape index (κ2) is 22.7. The van der Waals surface area contributed by atoms with E-state index in [2.05, 4.69) is 75.4 Å². The van der Waals surface area contributed by atoms with E-state index in [4.69, 9.17) is 16.3 Å². The zero-order valence-electron chi connectivity index (χ0n) is 48.1. The lowest BCUT2D eigenvalue weighted by Crippen LogP contribution is -2.55. The van der Waals surface area contributed by atoms with Gasteiger partial charge in [0.15, 0.2) is 0 Å². The first-order valence-corrected chi connectivity index (χ1v) is 29.2. The zero-order valence-corrected chi connectivity index (χ0v) is 49.6. The zero-order chi connectivity index (χ0) is 57.9. The molecular weight excluding hydrogens is 1050 g/mol. The Bertz CT molecular complexity index is 3230. The standard InChI is InChI=1S/C63H76ClN7O8S/c1-34(2)53(60(77)68-31-43(72)25-51(68)56(73)65-28-39-17-20-42(64)24-49(39)62(7,8)9)71-30-41-18-21-44(26-48(41)59(71)76)79-45-27-52(69(32-45)61(78)54(35(3)4)70-29-40-15-13-14-16-47(40)58(70)75)57(74)67-36(5)46-22-19-38(23-50(46)63(10,11)12)55-37(6)66-33-80-55/h13-24,26,33-36,43,45,51-54,72H,25,27-32H2,1-12H3,(H,65,73)(H,67,74). The van der Waals surface area contributed by atoms with Gasteiger partial charge in [0.1, 0.15) is 36.0 Å². The molecule has 80 heavy (non-hydrogen) atoms. The van der Waals surface area contributed by atoms with Crippen LogP contribution in [-0.4, -0.2) is 115 Å². The largest absolute Gasteiger partial charge is 0.488 e. The lowest BCUT2D eigenvalue weighted by atomic mass is 9.81. The number of hydrogen-bond acceptors (Lipinski definition) is 10. The van der Waals surface area contributed by atoms with Gasteiger partial charge in [-0.25, -0.2) is 4.98 Å². The fourth-order valence-corrected chi connectivity index (χ4v) is 13.2. The van der Waals surface area contributed by atoms with Gasteiger partial charge in [0.25, 0.3) is 11.8 Å². The van der Waals surface area contributed by atoms with Gasteiger partial charge in [-0.05, 0) is 112 Å². The van der Waals surface area contributed by atoms with Crippen molar-refractivity contribution in [1.29, 1.82) is 0 Å². The average Bonchev–Trinajstić information content (AvgIpc) is 4.35. The van der Waals surface area contributed by atoms with Crippen molar-refractivity contribution in [2.24, 2.45) is 11.8 Å². The third-order valence-electron chi connectivity index (χ3n) is 16.2. The second-order valence-electron chi connectivity index (χ2n) is 24.9. The van der Waals surface area contributed by atoms with Gasteiger partial charge >= 0.3 is 0 Å². The first-order valence-electron chi connectivity index (χ1n) is 27.9. The SMILES string of the molecule is Cc1ncsc1-c1ccc(C(C)NC(=O)C2CC(Oc3ccc4c(c3)C(=O)N(C(C(=O)N3CC(O)CC3C(=O)NCc3ccc(Cl)cc3C(C)(C)C)C(C)C)C4)CN2C(=O)C(C(C)C)N2Cc3ccccc3C2=O)c(C(C)(C)C)c1. The van der Waals surface area contributed by atoms with Crippen molar-refractivity contribution in [3.63, 3.8) is 0 Å². The Labute approximate surface area is 479 Å². The molecule has 7 atom stereocenters. The maximum Gasteiger partial charge on any atom is 0.255 e. The molecule has 0 radical (unpaired) electrons. The van der Waals surface area contributed by atoms with Crippen LogP contribution in [0.1, 0.15) is 155 Å². The monoisotopic (exact) mass is 1130 g/mol. The third-order valence-corrected chi connectivity index (χ3v) is 17.5. The van der Waals surface area contributed by atoms with Crippen molar-refractivity contribution in [2.75, 3.05) is 13.1 Å². The topological polar surface area (TPSA) is 182 Å². The van der Waals surface area contributed by atoms with Gasteiger partial charge in [-0.3, -0.25) is 28.8 Å². The summed E-state index contributed by atoms with van der Waals surface area (Å²) in [5, 5.41) is 17.8. The number of aliphatic hydroxyl groups is 1. The number of rotatable bonds is 15. The van der Waals surface area contributed by atoms with Gasteiger partial charge in [0.05, 0.1) is 34.8 Å². The number of benzene rings is 4. The van der Waals surface area contributed by atoms with E-state index < -0.39 is 54.2 Å². The van der Waals surface area contributed by atoms with Crippen LogP contribution in [0.5, 0.6) is 5.75 Å². The number of fused-ring (bicyclic) bond motifs is 2. The second-order valence-corrected chi connectivity index (χ2v) is 26.2. The number of aryl methyl sites for hydroxylation is 1.